The van der Waals surface area contributed by atoms with Crippen molar-refractivity contribution >= 4 is 5.69 Å². The van der Waals surface area contributed by atoms with Gasteiger partial charge < -0.3 is 14.2 Å². The summed E-state index contributed by atoms with van der Waals surface area (Å²) in [6.45, 7) is 0. The van der Waals surface area contributed by atoms with E-state index < -0.39 is 6.10 Å². The largest absolute Gasteiger partial charge is 0.496 e. The Labute approximate surface area is 158 Å². The molecule has 6 heteroatoms. The number of non-ortho nitro benzene ring substituents is 1. The molecule has 4 rings (SSSR count). The molecule has 2 aromatic carbocycles. The van der Waals surface area contributed by atoms with Crippen LogP contribution in [-0.4, -0.2) is 25.2 Å². The number of rotatable bonds is 4. The summed E-state index contributed by atoms with van der Waals surface area (Å²) >= 11 is 0. The van der Waals surface area contributed by atoms with E-state index in [-0.39, 0.29) is 22.6 Å². The van der Waals surface area contributed by atoms with Gasteiger partial charge in [0.1, 0.15) is 17.6 Å². The van der Waals surface area contributed by atoms with Crippen LogP contribution in [0.1, 0.15) is 54.4 Å². The zero-order chi connectivity index (χ0) is 19.0. The Balaban J connectivity index is 1.91. The maximum absolute atomic E-state index is 11.3. The first-order chi connectivity index (χ1) is 13.1. The number of hydrogen-bond acceptors (Lipinski definition) is 5. The van der Waals surface area contributed by atoms with Gasteiger partial charge >= 0.3 is 0 Å². The van der Waals surface area contributed by atoms with Gasteiger partial charge in [0.25, 0.3) is 5.69 Å². The number of ether oxygens (including phenoxy) is 3. The van der Waals surface area contributed by atoms with Crippen LogP contribution < -0.4 is 9.47 Å². The Bertz CT molecular complexity index is 866. The fourth-order valence-electron chi connectivity index (χ4n) is 4.48. The van der Waals surface area contributed by atoms with E-state index in [1.54, 1.807) is 26.4 Å². The first-order valence-corrected chi connectivity index (χ1v) is 9.28. The number of fused-ring (bicyclic) bond motifs is 3. The quantitative estimate of drug-likeness (QED) is 0.574. The third kappa shape index (κ3) is 3.04. The number of nitro benzene ring substituents is 1. The molecular formula is C21H23NO5. The average molecular weight is 369 g/mol. The summed E-state index contributed by atoms with van der Waals surface area (Å²) in [4.78, 5) is 10.9. The lowest BCUT2D eigenvalue weighted by Crippen LogP contribution is -2.34. The van der Waals surface area contributed by atoms with Crippen LogP contribution in [-0.2, 0) is 4.74 Å². The molecule has 1 saturated carbocycles. The maximum Gasteiger partial charge on any atom is 0.269 e. The van der Waals surface area contributed by atoms with Gasteiger partial charge in [-0.1, -0.05) is 25.0 Å². The minimum absolute atomic E-state index is 0.0604. The van der Waals surface area contributed by atoms with Crippen LogP contribution >= 0.6 is 0 Å². The summed E-state index contributed by atoms with van der Waals surface area (Å²) in [5.41, 5.74) is 2.89. The zero-order valence-electron chi connectivity index (χ0n) is 15.5. The van der Waals surface area contributed by atoms with Crippen molar-refractivity contribution < 1.29 is 19.1 Å². The highest BCUT2D eigenvalue weighted by molar-refractivity contribution is 5.56. The predicted octanol–water partition coefficient (Wildman–Crippen LogP) is 4.76. The molecule has 1 fully saturated rings. The Hall–Kier alpha value is -2.60. The molecule has 27 heavy (non-hydrogen) atoms. The van der Waals surface area contributed by atoms with Crippen molar-refractivity contribution in [2.24, 2.45) is 0 Å². The van der Waals surface area contributed by atoms with Crippen molar-refractivity contribution in [2.45, 2.75) is 43.8 Å². The zero-order valence-corrected chi connectivity index (χ0v) is 15.5. The van der Waals surface area contributed by atoms with Gasteiger partial charge in [-0.3, -0.25) is 10.1 Å². The Morgan fingerprint density at radius 3 is 2.44 bits per heavy atom. The molecule has 1 heterocycles. The molecule has 0 bridgehead atoms. The highest BCUT2D eigenvalue weighted by atomic mass is 16.6. The average Bonchev–Trinajstić information content (AvgIpc) is 2.72. The molecule has 1 aliphatic heterocycles. The molecule has 0 unspecified atom stereocenters. The van der Waals surface area contributed by atoms with E-state index in [9.17, 15) is 10.1 Å². The number of methoxy groups -OCH3 is 2. The Kier molecular flexibility index (Phi) is 4.74. The molecule has 2 aliphatic rings. The molecule has 0 saturated heterocycles. The van der Waals surface area contributed by atoms with E-state index in [0.717, 1.165) is 53.9 Å². The summed E-state index contributed by atoms with van der Waals surface area (Å²) in [5.74, 6) is 1.82. The first-order valence-electron chi connectivity index (χ1n) is 9.28. The highest BCUT2D eigenvalue weighted by Gasteiger charge is 2.41. The molecule has 3 atom stereocenters. The van der Waals surface area contributed by atoms with Gasteiger partial charge in [-0.25, -0.2) is 0 Å². The second-order valence-corrected chi connectivity index (χ2v) is 7.10. The van der Waals surface area contributed by atoms with Crippen LogP contribution in [0.3, 0.4) is 0 Å². The molecule has 0 amide bonds. The molecule has 142 valence electrons. The predicted molar refractivity (Wildman–Crippen MR) is 101 cm³/mol. The lowest BCUT2D eigenvalue weighted by atomic mass is 9.75. The van der Waals surface area contributed by atoms with Crippen molar-refractivity contribution in [1.29, 1.82) is 0 Å². The molecule has 0 aromatic heterocycles. The van der Waals surface area contributed by atoms with E-state index in [0.29, 0.717) is 0 Å². The van der Waals surface area contributed by atoms with Crippen LogP contribution in [0.5, 0.6) is 11.5 Å². The van der Waals surface area contributed by atoms with Crippen LogP contribution in [0.2, 0.25) is 0 Å². The Morgan fingerprint density at radius 2 is 1.74 bits per heavy atom. The first kappa shape index (κ1) is 17.8. The number of nitro groups is 1. The molecule has 0 spiro atoms. The summed E-state index contributed by atoms with van der Waals surface area (Å²) in [6, 6.07) is 10.5. The van der Waals surface area contributed by atoms with Gasteiger partial charge in [0.15, 0.2) is 0 Å². The minimum atomic E-state index is -0.413. The topological polar surface area (TPSA) is 70.8 Å². The monoisotopic (exact) mass is 369 g/mol. The van der Waals surface area contributed by atoms with E-state index in [1.165, 1.54) is 6.07 Å². The summed E-state index contributed by atoms with van der Waals surface area (Å²) in [6.07, 6.45) is 3.98. The van der Waals surface area contributed by atoms with Gasteiger partial charge in [-0.2, -0.15) is 0 Å². The molecule has 2 aromatic rings. The minimum Gasteiger partial charge on any atom is -0.496 e. The molecule has 6 nitrogen and oxygen atoms in total. The fraction of sp³-hybridized carbons (Fsp3) is 0.429. The third-order valence-corrected chi connectivity index (χ3v) is 5.68. The van der Waals surface area contributed by atoms with E-state index in [1.807, 2.05) is 18.2 Å². The van der Waals surface area contributed by atoms with E-state index in [4.69, 9.17) is 14.2 Å². The SMILES string of the molecule is COc1ccc(OC)c2c1[C@H](c1cccc([N+](=O)[O-])c1)O[C@@H]1CCCC[C@H]21. The normalized spacial score (nSPS) is 23.9. The van der Waals surface area contributed by atoms with Gasteiger partial charge in [0.05, 0.1) is 25.2 Å². The second kappa shape index (κ2) is 7.19. The van der Waals surface area contributed by atoms with Crippen molar-refractivity contribution in [1.82, 2.24) is 0 Å². The lowest BCUT2D eigenvalue weighted by molar-refractivity contribution is -0.385. The van der Waals surface area contributed by atoms with Gasteiger partial charge in [0.2, 0.25) is 0 Å². The van der Waals surface area contributed by atoms with Crippen LogP contribution in [0.4, 0.5) is 5.69 Å². The smallest absolute Gasteiger partial charge is 0.269 e. The molecule has 0 N–H and O–H groups in total. The summed E-state index contributed by atoms with van der Waals surface area (Å²) < 4.78 is 17.9. The number of benzene rings is 2. The van der Waals surface area contributed by atoms with E-state index in [2.05, 4.69) is 0 Å². The van der Waals surface area contributed by atoms with Crippen LogP contribution in [0.25, 0.3) is 0 Å². The van der Waals surface area contributed by atoms with Gasteiger partial charge in [-0.05, 0) is 30.5 Å². The van der Waals surface area contributed by atoms with Crippen molar-refractivity contribution in [3.8, 4) is 11.5 Å². The second-order valence-electron chi connectivity index (χ2n) is 7.10. The van der Waals surface area contributed by atoms with Crippen molar-refractivity contribution in [3.05, 3.63) is 63.2 Å². The van der Waals surface area contributed by atoms with E-state index >= 15 is 0 Å². The fourth-order valence-corrected chi connectivity index (χ4v) is 4.48. The van der Waals surface area contributed by atoms with Gasteiger partial charge in [-0.15, -0.1) is 0 Å². The van der Waals surface area contributed by atoms with Crippen molar-refractivity contribution in [3.63, 3.8) is 0 Å². The Morgan fingerprint density at radius 1 is 1.04 bits per heavy atom. The standard InChI is InChI=1S/C21H23NO5/c1-25-17-10-11-18(26-2)20-19(17)15-8-3-4-9-16(15)27-21(20)13-6-5-7-14(12-13)22(23)24/h5-7,10-12,15-16,21H,3-4,8-9H2,1-2H3/t15-,16+,21-/m0/s1. The van der Waals surface area contributed by atoms with Crippen LogP contribution in [0.15, 0.2) is 36.4 Å². The van der Waals surface area contributed by atoms with Gasteiger partial charge in [0, 0.05) is 29.2 Å². The maximum atomic E-state index is 11.3. The van der Waals surface area contributed by atoms with Crippen molar-refractivity contribution in [2.75, 3.05) is 14.2 Å². The summed E-state index contributed by atoms with van der Waals surface area (Å²) in [7, 11) is 3.32. The highest BCUT2D eigenvalue weighted by Crippen LogP contribution is 2.52. The lowest BCUT2D eigenvalue weighted by Gasteiger charge is -2.42. The van der Waals surface area contributed by atoms with Crippen LogP contribution in [0, 0.1) is 10.1 Å². The third-order valence-electron chi connectivity index (χ3n) is 5.68. The summed E-state index contributed by atoms with van der Waals surface area (Å²) in [5, 5.41) is 11.3. The number of nitrogens with zero attached hydrogens (tertiary/aromatic N) is 1. The number of hydrogen-bond donors (Lipinski definition) is 0. The molecule has 0 radical (unpaired) electrons. The molecular weight excluding hydrogens is 346 g/mol. The molecule has 1 aliphatic carbocycles.